The molecule has 0 unspecified atom stereocenters. The molecule has 0 aromatic rings. The molecular weight excluding hydrogens is 206 g/mol. The average molecular weight is 229 g/mol. The van der Waals surface area contributed by atoms with Crippen molar-refractivity contribution in [1.82, 2.24) is 10.2 Å². The monoisotopic (exact) mass is 229 g/mol. The predicted molar refractivity (Wildman–Crippen MR) is 63.8 cm³/mol. The lowest BCUT2D eigenvalue weighted by atomic mass is 10.2. The maximum Gasteiger partial charge on any atom is 0.239 e. The second-order valence-electron chi connectivity index (χ2n) is 4.09. The van der Waals surface area contributed by atoms with E-state index in [1.54, 1.807) is 0 Å². The van der Waals surface area contributed by atoms with Gasteiger partial charge in [0.05, 0.1) is 12.6 Å². The van der Waals surface area contributed by atoms with E-state index < -0.39 is 6.04 Å². The average Bonchev–Trinajstić information content (AvgIpc) is 2.22. The number of hydrogen-bond acceptors (Lipinski definition) is 3. The van der Waals surface area contributed by atoms with Crippen molar-refractivity contribution in [3.05, 3.63) is 0 Å². The molecule has 0 aliphatic heterocycles. The molecule has 0 heterocycles. The zero-order valence-electron chi connectivity index (χ0n) is 10.6. The number of carbonyl (C=O) groups is 2. The standard InChI is InChI=1S/C11H23N3O2/c1-5-9(12)11(16)14(6-2)7-10(15)13-8(3)4/h8-9H,5-7,12H2,1-4H3,(H,13,15)/t9-/m1/s1. The highest BCUT2D eigenvalue weighted by molar-refractivity contribution is 5.87. The molecule has 2 amide bonds. The summed E-state index contributed by atoms with van der Waals surface area (Å²) in [6.45, 7) is 8.04. The van der Waals surface area contributed by atoms with Gasteiger partial charge in [-0.15, -0.1) is 0 Å². The van der Waals surface area contributed by atoms with Crippen LogP contribution >= 0.6 is 0 Å². The van der Waals surface area contributed by atoms with E-state index in [1.165, 1.54) is 4.90 Å². The fraction of sp³-hybridized carbons (Fsp3) is 0.818. The van der Waals surface area contributed by atoms with Crippen LogP contribution in [-0.2, 0) is 9.59 Å². The molecule has 0 rings (SSSR count). The minimum atomic E-state index is -0.508. The molecule has 0 saturated heterocycles. The fourth-order valence-electron chi connectivity index (χ4n) is 1.30. The van der Waals surface area contributed by atoms with E-state index in [0.717, 1.165) is 0 Å². The first-order chi connectivity index (χ1) is 7.42. The molecule has 0 radical (unpaired) electrons. The van der Waals surface area contributed by atoms with Crippen molar-refractivity contribution < 1.29 is 9.59 Å². The summed E-state index contributed by atoms with van der Waals surface area (Å²) in [5.74, 6) is -0.308. The van der Waals surface area contributed by atoms with Gasteiger partial charge in [-0.2, -0.15) is 0 Å². The van der Waals surface area contributed by atoms with Crippen LogP contribution in [0.15, 0.2) is 0 Å². The molecule has 0 fully saturated rings. The third-order valence-corrected chi connectivity index (χ3v) is 2.23. The van der Waals surface area contributed by atoms with Crippen LogP contribution in [0.1, 0.15) is 34.1 Å². The van der Waals surface area contributed by atoms with Crippen molar-refractivity contribution >= 4 is 11.8 Å². The highest BCUT2D eigenvalue weighted by atomic mass is 16.2. The first-order valence-corrected chi connectivity index (χ1v) is 5.76. The van der Waals surface area contributed by atoms with Gasteiger partial charge in [0.15, 0.2) is 0 Å². The van der Waals surface area contributed by atoms with E-state index >= 15 is 0 Å². The predicted octanol–water partition coefficient (Wildman–Crippen LogP) is 0.0968. The van der Waals surface area contributed by atoms with Crippen LogP contribution in [0.2, 0.25) is 0 Å². The summed E-state index contributed by atoms with van der Waals surface area (Å²) >= 11 is 0. The van der Waals surface area contributed by atoms with E-state index in [9.17, 15) is 9.59 Å². The van der Waals surface area contributed by atoms with Crippen LogP contribution in [0.25, 0.3) is 0 Å². The Balaban J connectivity index is 4.29. The van der Waals surface area contributed by atoms with Crippen LogP contribution in [0.5, 0.6) is 0 Å². The maximum atomic E-state index is 11.7. The van der Waals surface area contributed by atoms with Gasteiger partial charge in [0, 0.05) is 12.6 Å². The van der Waals surface area contributed by atoms with Crippen LogP contribution in [0.4, 0.5) is 0 Å². The molecule has 0 aliphatic rings. The van der Waals surface area contributed by atoms with Crippen molar-refractivity contribution in [2.75, 3.05) is 13.1 Å². The molecule has 0 aliphatic carbocycles. The maximum absolute atomic E-state index is 11.7. The molecular formula is C11H23N3O2. The second kappa shape index (κ2) is 7.22. The molecule has 0 aromatic carbocycles. The van der Waals surface area contributed by atoms with Crippen molar-refractivity contribution in [3.63, 3.8) is 0 Å². The summed E-state index contributed by atoms with van der Waals surface area (Å²) in [6.07, 6.45) is 0.584. The lowest BCUT2D eigenvalue weighted by Crippen LogP contribution is -2.48. The molecule has 1 atom stereocenters. The van der Waals surface area contributed by atoms with Crippen molar-refractivity contribution in [1.29, 1.82) is 0 Å². The Labute approximate surface area is 97.4 Å². The minimum Gasteiger partial charge on any atom is -0.352 e. The van der Waals surface area contributed by atoms with Crippen molar-refractivity contribution in [2.45, 2.75) is 46.2 Å². The zero-order valence-corrected chi connectivity index (χ0v) is 10.6. The number of amides is 2. The summed E-state index contributed by atoms with van der Waals surface area (Å²) in [4.78, 5) is 24.7. The summed E-state index contributed by atoms with van der Waals surface area (Å²) in [7, 11) is 0. The molecule has 5 heteroatoms. The number of likely N-dealkylation sites (N-methyl/N-ethyl adjacent to an activating group) is 1. The van der Waals surface area contributed by atoms with Gasteiger partial charge in [-0.25, -0.2) is 0 Å². The van der Waals surface area contributed by atoms with Gasteiger partial charge >= 0.3 is 0 Å². The lowest BCUT2D eigenvalue weighted by molar-refractivity contribution is -0.137. The highest BCUT2D eigenvalue weighted by Crippen LogP contribution is 1.97. The van der Waals surface area contributed by atoms with E-state index in [-0.39, 0.29) is 24.4 Å². The Morgan fingerprint density at radius 1 is 1.31 bits per heavy atom. The quantitative estimate of drug-likeness (QED) is 0.678. The third-order valence-electron chi connectivity index (χ3n) is 2.23. The third kappa shape index (κ3) is 5.11. The summed E-state index contributed by atoms with van der Waals surface area (Å²) in [5.41, 5.74) is 5.65. The van der Waals surface area contributed by atoms with Crippen LogP contribution in [0.3, 0.4) is 0 Å². The number of nitrogens with one attached hydrogen (secondary N) is 1. The topological polar surface area (TPSA) is 75.4 Å². The minimum absolute atomic E-state index is 0.0844. The molecule has 94 valence electrons. The van der Waals surface area contributed by atoms with E-state index in [0.29, 0.717) is 13.0 Å². The number of hydrogen-bond donors (Lipinski definition) is 2. The molecule has 3 N–H and O–H groups in total. The van der Waals surface area contributed by atoms with Gasteiger partial charge in [0.1, 0.15) is 0 Å². The molecule has 5 nitrogen and oxygen atoms in total. The van der Waals surface area contributed by atoms with Gasteiger partial charge in [0.2, 0.25) is 11.8 Å². The van der Waals surface area contributed by atoms with E-state index in [4.69, 9.17) is 5.73 Å². The van der Waals surface area contributed by atoms with Gasteiger partial charge < -0.3 is 16.0 Å². The van der Waals surface area contributed by atoms with Crippen molar-refractivity contribution in [3.8, 4) is 0 Å². The normalized spacial score (nSPS) is 12.4. The molecule has 16 heavy (non-hydrogen) atoms. The Morgan fingerprint density at radius 3 is 2.25 bits per heavy atom. The molecule has 0 spiro atoms. The van der Waals surface area contributed by atoms with Crippen LogP contribution in [0, 0.1) is 0 Å². The van der Waals surface area contributed by atoms with E-state index in [2.05, 4.69) is 5.32 Å². The van der Waals surface area contributed by atoms with E-state index in [1.807, 2.05) is 27.7 Å². The molecule has 0 aromatic heterocycles. The van der Waals surface area contributed by atoms with Crippen molar-refractivity contribution in [2.24, 2.45) is 5.73 Å². The first-order valence-electron chi connectivity index (χ1n) is 5.76. The zero-order chi connectivity index (χ0) is 12.7. The SMILES string of the molecule is CC[C@@H](N)C(=O)N(CC)CC(=O)NC(C)C. The Hall–Kier alpha value is -1.10. The number of nitrogens with two attached hydrogens (primary N) is 1. The van der Waals surface area contributed by atoms with Gasteiger partial charge in [-0.3, -0.25) is 9.59 Å². The number of rotatable bonds is 6. The van der Waals surface area contributed by atoms with Gasteiger partial charge in [-0.05, 0) is 27.2 Å². The number of nitrogens with zero attached hydrogens (tertiary/aromatic N) is 1. The molecule has 0 bridgehead atoms. The smallest absolute Gasteiger partial charge is 0.239 e. The van der Waals surface area contributed by atoms with Crippen LogP contribution in [-0.4, -0.2) is 41.9 Å². The van der Waals surface area contributed by atoms with Crippen LogP contribution < -0.4 is 11.1 Å². The summed E-state index contributed by atoms with van der Waals surface area (Å²) in [6, 6.07) is -0.423. The largest absolute Gasteiger partial charge is 0.352 e. The first kappa shape index (κ1) is 14.9. The Bertz CT molecular complexity index is 241. The highest BCUT2D eigenvalue weighted by Gasteiger charge is 2.20. The van der Waals surface area contributed by atoms with Gasteiger partial charge in [-0.1, -0.05) is 6.92 Å². The second-order valence-corrected chi connectivity index (χ2v) is 4.09. The lowest BCUT2D eigenvalue weighted by Gasteiger charge is -2.23. The summed E-state index contributed by atoms with van der Waals surface area (Å²) in [5, 5.41) is 2.75. The summed E-state index contributed by atoms with van der Waals surface area (Å²) < 4.78 is 0. The van der Waals surface area contributed by atoms with Gasteiger partial charge in [0.25, 0.3) is 0 Å². The Kier molecular flexibility index (Phi) is 6.72. The number of carbonyl (C=O) groups excluding carboxylic acids is 2. The fourth-order valence-corrected chi connectivity index (χ4v) is 1.30. The molecule has 0 saturated carbocycles. The Morgan fingerprint density at radius 2 is 1.88 bits per heavy atom.